The van der Waals surface area contributed by atoms with Crippen molar-refractivity contribution in [1.29, 1.82) is 0 Å². The predicted molar refractivity (Wildman–Crippen MR) is 70.7 cm³/mol. The van der Waals surface area contributed by atoms with Crippen LogP contribution in [0.4, 0.5) is 0 Å². The maximum Gasteiger partial charge on any atom is 0.264 e. The van der Waals surface area contributed by atoms with E-state index in [4.69, 9.17) is 10.3 Å². The Hall–Kier alpha value is -0.170. The molecule has 17 heavy (non-hydrogen) atoms. The van der Waals surface area contributed by atoms with Gasteiger partial charge in [-0.2, -0.15) is 8.42 Å². The van der Waals surface area contributed by atoms with Crippen molar-refractivity contribution in [2.45, 2.75) is 44.9 Å². The fourth-order valence-electron chi connectivity index (χ4n) is 1.61. The van der Waals surface area contributed by atoms with E-state index in [0.29, 0.717) is 13.0 Å². The summed E-state index contributed by atoms with van der Waals surface area (Å²) in [6.07, 6.45) is 7.62. The van der Waals surface area contributed by atoms with Gasteiger partial charge in [-0.3, -0.25) is 4.55 Å². The highest BCUT2D eigenvalue weighted by molar-refractivity contribution is 7.85. The largest absolute Gasteiger partial charge is 0.330 e. The van der Waals surface area contributed by atoms with Gasteiger partial charge < -0.3 is 11.1 Å². The molecule has 0 spiro atoms. The van der Waals surface area contributed by atoms with Crippen LogP contribution in [0, 0.1) is 0 Å². The van der Waals surface area contributed by atoms with Gasteiger partial charge >= 0.3 is 0 Å². The highest BCUT2D eigenvalue weighted by Crippen LogP contribution is 2.03. The van der Waals surface area contributed by atoms with Crippen LogP contribution in [0.1, 0.15) is 44.9 Å². The first-order chi connectivity index (χ1) is 8.06. The Bertz CT molecular complexity index is 255. The molecule has 5 nitrogen and oxygen atoms in total. The lowest BCUT2D eigenvalue weighted by atomic mass is 10.1. The lowest BCUT2D eigenvalue weighted by Gasteiger charge is -2.04. The lowest BCUT2D eigenvalue weighted by molar-refractivity contribution is 0.479. The molecule has 104 valence electrons. The third-order valence-corrected chi connectivity index (χ3v) is 3.37. The molecule has 0 aliphatic carbocycles. The summed E-state index contributed by atoms with van der Waals surface area (Å²) >= 11 is 0. The molecule has 0 rings (SSSR count). The van der Waals surface area contributed by atoms with Crippen LogP contribution in [-0.4, -0.2) is 38.4 Å². The van der Waals surface area contributed by atoms with Crippen LogP contribution in [0.2, 0.25) is 0 Å². The molecule has 0 unspecified atom stereocenters. The number of rotatable bonds is 12. The van der Waals surface area contributed by atoms with E-state index in [1.165, 1.54) is 25.7 Å². The van der Waals surface area contributed by atoms with E-state index in [0.717, 1.165) is 25.9 Å². The molecule has 0 atom stereocenters. The smallest absolute Gasteiger partial charge is 0.264 e. The third kappa shape index (κ3) is 15.8. The molecule has 0 aliphatic rings. The van der Waals surface area contributed by atoms with Gasteiger partial charge in [-0.25, -0.2) is 0 Å². The van der Waals surface area contributed by atoms with Gasteiger partial charge in [-0.05, 0) is 38.9 Å². The Labute approximate surface area is 105 Å². The van der Waals surface area contributed by atoms with E-state index < -0.39 is 10.1 Å². The van der Waals surface area contributed by atoms with Gasteiger partial charge in [0.2, 0.25) is 0 Å². The fourth-order valence-corrected chi connectivity index (χ4v) is 2.12. The Morgan fingerprint density at radius 1 is 0.882 bits per heavy atom. The number of hydrogen-bond donors (Lipinski definition) is 3. The summed E-state index contributed by atoms with van der Waals surface area (Å²) in [7, 11) is -3.78. The summed E-state index contributed by atoms with van der Waals surface area (Å²) in [6, 6.07) is 0. The Kier molecular flexibility index (Phi) is 10.8. The minimum absolute atomic E-state index is 0.154. The second-order valence-electron chi connectivity index (χ2n) is 4.30. The number of unbranched alkanes of at least 4 members (excludes halogenated alkanes) is 5. The van der Waals surface area contributed by atoms with Gasteiger partial charge in [0.1, 0.15) is 0 Å². The zero-order valence-corrected chi connectivity index (χ0v) is 11.3. The van der Waals surface area contributed by atoms with Crippen LogP contribution < -0.4 is 11.1 Å². The quantitative estimate of drug-likeness (QED) is 0.364. The first-order valence-electron chi connectivity index (χ1n) is 6.42. The molecule has 0 bridgehead atoms. The van der Waals surface area contributed by atoms with Gasteiger partial charge in [0.15, 0.2) is 0 Å². The average molecular weight is 266 g/mol. The molecule has 0 aromatic carbocycles. The molecule has 0 aliphatic heterocycles. The van der Waals surface area contributed by atoms with Gasteiger partial charge in [0.25, 0.3) is 10.1 Å². The molecule has 0 saturated heterocycles. The maximum atomic E-state index is 10.4. The standard InChI is InChI=1S/C11H26N2O3S/c12-8-5-3-1-2-4-6-9-13-10-7-11-17(14,15)16/h13H,1-12H2,(H,14,15,16). The number of nitrogens with two attached hydrogens (primary N) is 1. The molecule has 0 aromatic rings. The van der Waals surface area contributed by atoms with Crippen LogP contribution in [0.25, 0.3) is 0 Å². The van der Waals surface area contributed by atoms with Crippen molar-refractivity contribution in [1.82, 2.24) is 5.32 Å². The Balaban J connectivity index is 3.04. The molecular weight excluding hydrogens is 240 g/mol. The molecular formula is C11H26N2O3S. The van der Waals surface area contributed by atoms with Crippen LogP contribution in [-0.2, 0) is 10.1 Å². The second-order valence-corrected chi connectivity index (χ2v) is 5.87. The lowest BCUT2D eigenvalue weighted by Crippen LogP contribution is -2.19. The molecule has 0 saturated carbocycles. The molecule has 0 aromatic heterocycles. The zero-order valence-electron chi connectivity index (χ0n) is 10.5. The van der Waals surface area contributed by atoms with Crippen molar-refractivity contribution in [3.63, 3.8) is 0 Å². The first-order valence-corrected chi connectivity index (χ1v) is 8.03. The molecule has 0 fully saturated rings. The van der Waals surface area contributed by atoms with Gasteiger partial charge in [-0.15, -0.1) is 0 Å². The van der Waals surface area contributed by atoms with E-state index in [1.54, 1.807) is 0 Å². The number of nitrogens with one attached hydrogen (secondary N) is 1. The summed E-state index contributed by atoms with van der Waals surface area (Å²) in [5.74, 6) is -0.154. The van der Waals surface area contributed by atoms with Crippen LogP contribution in [0.3, 0.4) is 0 Å². The summed E-state index contributed by atoms with van der Waals surface area (Å²) in [5, 5.41) is 3.16. The Morgan fingerprint density at radius 3 is 2.00 bits per heavy atom. The summed E-state index contributed by atoms with van der Waals surface area (Å²) < 4.78 is 29.3. The number of hydrogen-bond acceptors (Lipinski definition) is 4. The zero-order chi connectivity index (χ0) is 13.0. The van der Waals surface area contributed by atoms with Gasteiger partial charge in [-0.1, -0.05) is 25.7 Å². The van der Waals surface area contributed by atoms with Crippen LogP contribution in [0.15, 0.2) is 0 Å². The normalized spacial score (nSPS) is 11.9. The summed E-state index contributed by atoms with van der Waals surface area (Å²) in [6.45, 7) is 2.35. The van der Waals surface area contributed by atoms with E-state index in [-0.39, 0.29) is 5.75 Å². The topological polar surface area (TPSA) is 92.4 Å². The average Bonchev–Trinajstić information content (AvgIpc) is 2.24. The second kappa shape index (κ2) is 11.0. The van der Waals surface area contributed by atoms with Gasteiger partial charge in [0, 0.05) is 0 Å². The summed E-state index contributed by atoms with van der Waals surface area (Å²) in [5.41, 5.74) is 5.40. The van der Waals surface area contributed by atoms with E-state index in [1.807, 2.05) is 0 Å². The SMILES string of the molecule is NCCCCCCCCNCCCS(=O)(=O)O. The summed E-state index contributed by atoms with van der Waals surface area (Å²) in [4.78, 5) is 0. The van der Waals surface area contributed by atoms with Crippen molar-refractivity contribution in [3.05, 3.63) is 0 Å². The first kappa shape index (κ1) is 16.8. The Morgan fingerprint density at radius 2 is 1.41 bits per heavy atom. The molecule has 6 heteroatoms. The van der Waals surface area contributed by atoms with E-state index >= 15 is 0 Å². The molecule has 4 N–H and O–H groups in total. The van der Waals surface area contributed by atoms with Crippen molar-refractivity contribution in [3.8, 4) is 0 Å². The van der Waals surface area contributed by atoms with Crippen molar-refractivity contribution >= 4 is 10.1 Å². The van der Waals surface area contributed by atoms with Crippen LogP contribution in [0.5, 0.6) is 0 Å². The molecule has 0 heterocycles. The minimum Gasteiger partial charge on any atom is -0.330 e. The van der Waals surface area contributed by atoms with Gasteiger partial charge in [0.05, 0.1) is 5.75 Å². The predicted octanol–water partition coefficient (Wildman–Crippen LogP) is 1.15. The van der Waals surface area contributed by atoms with E-state index in [2.05, 4.69) is 5.32 Å². The van der Waals surface area contributed by atoms with E-state index in [9.17, 15) is 8.42 Å². The minimum atomic E-state index is -3.78. The molecule has 0 radical (unpaired) electrons. The fraction of sp³-hybridized carbons (Fsp3) is 1.00. The highest BCUT2D eigenvalue weighted by Gasteiger charge is 2.02. The van der Waals surface area contributed by atoms with Crippen molar-refractivity contribution in [2.75, 3.05) is 25.4 Å². The third-order valence-electron chi connectivity index (χ3n) is 2.56. The molecule has 0 amide bonds. The maximum absolute atomic E-state index is 10.4. The highest BCUT2D eigenvalue weighted by atomic mass is 32.2. The van der Waals surface area contributed by atoms with Crippen LogP contribution >= 0.6 is 0 Å². The van der Waals surface area contributed by atoms with Crippen molar-refractivity contribution < 1.29 is 13.0 Å². The monoisotopic (exact) mass is 266 g/mol. The van der Waals surface area contributed by atoms with Crippen molar-refractivity contribution in [2.24, 2.45) is 5.73 Å².